The average molecular weight is 300 g/mol. The zero-order valence-corrected chi connectivity index (χ0v) is 12.0. The number of carbonyl (C=O) groups excluding carboxylic acids is 1. The average Bonchev–Trinajstić information content (AvgIpc) is 2.28. The Kier molecular flexibility index (Phi) is 5.15. The summed E-state index contributed by atoms with van der Waals surface area (Å²) >= 11 is 3.37. The second-order valence-corrected chi connectivity index (χ2v) is 5.27. The first-order valence-corrected chi connectivity index (χ1v) is 6.37. The van der Waals surface area contributed by atoms with Crippen LogP contribution >= 0.6 is 15.9 Å². The summed E-state index contributed by atoms with van der Waals surface area (Å²) in [5.41, 5.74) is 7.67. The van der Waals surface area contributed by atoms with Crippen molar-refractivity contribution in [2.75, 3.05) is 7.11 Å². The van der Waals surface area contributed by atoms with Crippen LogP contribution in [0.3, 0.4) is 0 Å². The van der Waals surface area contributed by atoms with E-state index in [1.54, 1.807) is 6.07 Å². The van der Waals surface area contributed by atoms with Crippen molar-refractivity contribution in [3.63, 3.8) is 0 Å². The molecule has 0 aliphatic carbocycles. The van der Waals surface area contributed by atoms with E-state index in [0.717, 1.165) is 16.5 Å². The molecule has 0 saturated heterocycles. The van der Waals surface area contributed by atoms with Gasteiger partial charge in [0.15, 0.2) is 0 Å². The number of hydrogen-bond acceptors (Lipinski definition) is 3. The highest BCUT2D eigenvalue weighted by Crippen LogP contribution is 2.21. The Bertz CT molecular complexity index is 404. The Morgan fingerprint density at radius 2 is 2.12 bits per heavy atom. The fraction of sp³-hybridized carbons (Fsp3) is 0.462. The molecule has 1 aromatic carbocycles. The fourth-order valence-electron chi connectivity index (χ4n) is 1.47. The van der Waals surface area contributed by atoms with Crippen molar-refractivity contribution < 1.29 is 9.53 Å². The highest BCUT2D eigenvalue weighted by molar-refractivity contribution is 9.10. The zero-order valence-electron chi connectivity index (χ0n) is 10.4. The van der Waals surface area contributed by atoms with Gasteiger partial charge in [0, 0.05) is 10.5 Å². The quantitative estimate of drug-likeness (QED) is 0.870. The topological polar surface area (TPSA) is 52.3 Å². The number of ether oxygens (including phenoxy) is 1. The highest BCUT2D eigenvalue weighted by Gasteiger charge is 2.13. The van der Waals surface area contributed by atoms with Crippen molar-refractivity contribution in [3.05, 3.63) is 33.8 Å². The number of nitrogens with two attached hydrogens (primary N) is 1. The summed E-state index contributed by atoms with van der Waals surface area (Å²) in [5, 5.41) is 0. The number of esters is 1. The first-order valence-electron chi connectivity index (χ1n) is 5.58. The predicted molar refractivity (Wildman–Crippen MR) is 72.0 cm³/mol. The summed E-state index contributed by atoms with van der Waals surface area (Å²) in [7, 11) is 1.37. The number of hydrogen-bond donors (Lipinski definition) is 1. The minimum absolute atomic E-state index is 0.130. The van der Waals surface area contributed by atoms with Crippen molar-refractivity contribution in [2.24, 2.45) is 11.7 Å². The van der Waals surface area contributed by atoms with Crippen molar-refractivity contribution in [3.8, 4) is 0 Å². The Morgan fingerprint density at radius 1 is 1.47 bits per heavy atom. The Hall–Kier alpha value is -0.870. The molecular weight excluding hydrogens is 282 g/mol. The van der Waals surface area contributed by atoms with Crippen LogP contribution in [0.25, 0.3) is 0 Å². The van der Waals surface area contributed by atoms with Gasteiger partial charge < -0.3 is 10.5 Å². The fourth-order valence-corrected chi connectivity index (χ4v) is 2.06. The molecule has 3 nitrogen and oxygen atoms in total. The van der Waals surface area contributed by atoms with Gasteiger partial charge in [-0.2, -0.15) is 0 Å². The molecule has 94 valence electrons. The van der Waals surface area contributed by atoms with E-state index < -0.39 is 0 Å². The summed E-state index contributed by atoms with van der Waals surface area (Å²) in [6.07, 6.45) is 0.803. The van der Waals surface area contributed by atoms with Crippen LogP contribution in [0.15, 0.2) is 22.7 Å². The van der Waals surface area contributed by atoms with Crippen LogP contribution < -0.4 is 5.73 Å². The van der Waals surface area contributed by atoms with Gasteiger partial charge in [-0.15, -0.1) is 0 Å². The van der Waals surface area contributed by atoms with Crippen LogP contribution in [0, 0.1) is 5.92 Å². The van der Waals surface area contributed by atoms with E-state index in [4.69, 9.17) is 5.73 Å². The van der Waals surface area contributed by atoms with Gasteiger partial charge in [-0.3, -0.25) is 0 Å². The van der Waals surface area contributed by atoms with Gasteiger partial charge in [0.05, 0.1) is 12.7 Å². The summed E-state index contributed by atoms with van der Waals surface area (Å²) in [5.74, 6) is 0.102. The van der Waals surface area contributed by atoms with E-state index >= 15 is 0 Å². The van der Waals surface area contributed by atoms with Gasteiger partial charge in [-0.05, 0) is 46.0 Å². The molecule has 0 radical (unpaired) electrons. The molecule has 1 atom stereocenters. The molecule has 0 heterocycles. The molecule has 1 rings (SSSR count). The highest BCUT2D eigenvalue weighted by atomic mass is 79.9. The first kappa shape index (κ1) is 14.2. The number of carbonyl (C=O) groups is 1. The lowest BCUT2D eigenvalue weighted by Crippen LogP contribution is -2.28. The van der Waals surface area contributed by atoms with Gasteiger partial charge >= 0.3 is 5.97 Å². The third-order valence-electron chi connectivity index (χ3n) is 2.77. The molecule has 0 aliphatic heterocycles. The minimum Gasteiger partial charge on any atom is -0.465 e. The molecule has 0 aliphatic rings. The van der Waals surface area contributed by atoms with Gasteiger partial charge in [0.1, 0.15) is 0 Å². The van der Waals surface area contributed by atoms with Gasteiger partial charge in [0.2, 0.25) is 0 Å². The molecule has 0 bridgehead atoms. The number of benzene rings is 1. The van der Waals surface area contributed by atoms with Crippen LogP contribution in [0.2, 0.25) is 0 Å². The molecule has 1 aromatic rings. The summed E-state index contributed by atoms with van der Waals surface area (Å²) in [4.78, 5) is 11.4. The molecule has 0 amide bonds. The molecule has 0 saturated carbocycles. The third kappa shape index (κ3) is 3.82. The van der Waals surface area contributed by atoms with Crippen LogP contribution in [-0.2, 0) is 11.2 Å². The zero-order chi connectivity index (χ0) is 13.0. The summed E-state index contributed by atoms with van der Waals surface area (Å²) in [6.45, 7) is 4.20. The van der Waals surface area contributed by atoms with E-state index in [2.05, 4.69) is 34.5 Å². The van der Waals surface area contributed by atoms with Gasteiger partial charge in [-0.1, -0.05) is 19.9 Å². The standard InChI is InChI=1S/C13H18BrNO2/c1-8(2)12(15)7-9-4-5-10(11(14)6-9)13(16)17-3/h4-6,8,12H,7,15H2,1-3H3. The summed E-state index contributed by atoms with van der Waals surface area (Å²) in [6, 6.07) is 5.73. The van der Waals surface area contributed by atoms with E-state index in [1.807, 2.05) is 12.1 Å². The van der Waals surface area contributed by atoms with Crippen molar-refractivity contribution in [1.82, 2.24) is 0 Å². The Labute approximate surface area is 110 Å². The maximum atomic E-state index is 11.4. The second kappa shape index (κ2) is 6.17. The number of methoxy groups -OCH3 is 1. The minimum atomic E-state index is -0.336. The molecule has 2 N–H and O–H groups in total. The smallest absolute Gasteiger partial charge is 0.338 e. The van der Waals surface area contributed by atoms with Crippen LogP contribution in [0.1, 0.15) is 29.8 Å². The normalized spacial score (nSPS) is 12.6. The van der Waals surface area contributed by atoms with Crippen molar-refractivity contribution in [2.45, 2.75) is 26.3 Å². The molecule has 17 heavy (non-hydrogen) atoms. The largest absolute Gasteiger partial charge is 0.465 e. The molecular formula is C13H18BrNO2. The number of rotatable bonds is 4. The summed E-state index contributed by atoms with van der Waals surface area (Å²) < 4.78 is 5.43. The number of halogens is 1. The lowest BCUT2D eigenvalue weighted by molar-refractivity contribution is 0.0599. The predicted octanol–water partition coefficient (Wildman–Crippen LogP) is 2.76. The van der Waals surface area contributed by atoms with Crippen molar-refractivity contribution >= 4 is 21.9 Å². The van der Waals surface area contributed by atoms with Gasteiger partial charge in [0.25, 0.3) is 0 Å². The Morgan fingerprint density at radius 3 is 2.59 bits per heavy atom. The molecule has 0 fully saturated rings. The maximum Gasteiger partial charge on any atom is 0.338 e. The van der Waals surface area contributed by atoms with E-state index in [1.165, 1.54) is 7.11 Å². The lowest BCUT2D eigenvalue weighted by atomic mass is 9.97. The molecule has 4 heteroatoms. The van der Waals surface area contributed by atoms with Crippen LogP contribution in [-0.4, -0.2) is 19.1 Å². The maximum absolute atomic E-state index is 11.4. The Balaban J connectivity index is 2.86. The first-order chi connectivity index (χ1) is 7.95. The van der Waals surface area contributed by atoms with E-state index in [-0.39, 0.29) is 12.0 Å². The molecule has 0 spiro atoms. The van der Waals surface area contributed by atoms with E-state index in [0.29, 0.717) is 11.5 Å². The SMILES string of the molecule is COC(=O)c1ccc(CC(N)C(C)C)cc1Br. The molecule has 0 aromatic heterocycles. The van der Waals surface area contributed by atoms with E-state index in [9.17, 15) is 4.79 Å². The molecule has 1 unspecified atom stereocenters. The van der Waals surface area contributed by atoms with Gasteiger partial charge in [-0.25, -0.2) is 4.79 Å². The second-order valence-electron chi connectivity index (χ2n) is 4.42. The van der Waals surface area contributed by atoms with Crippen LogP contribution in [0.4, 0.5) is 0 Å². The van der Waals surface area contributed by atoms with Crippen molar-refractivity contribution in [1.29, 1.82) is 0 Å². The lowest BCUT2D eigenvalue weighted by Gasteiger charge is -2.16. The van der Waals surface area contributed by atoms with Crippen LogP contribution in [0.5, 0.6) is 0 Å². The monoisotopic (exact) mass is 299 g/mol. The third-order valence-corrected chi connectivity index (χ3v) is 3.42.